The molecule has 1 saturated heterocycles. The molecule has 0 spiro atoms. The summed E-state index contributed by atoms with van der Waals surface area (Å²) >= 11 is 0. The van der Waals surface area contributed by atoms with E-state index in [0.29, 0.717) is 31.0 Å². The normalized spacial score (nSPS) is 15.2. The largest absolute Gasteiger partial charge is 0.454 e. The molecule has 1 aromatic heterocycles. The summed E-state index contributed by atoms with van der Waals surface area (Å²) in [6, 6.07) is 1.53. The Balaban J connectivity index is 1.74. The molecule has 14 nitrogen and oxygen atoms in total. The Hall–Kier alpha value is -3.91. The fraction of sp³-hybridized carbons (Fsp3) is 0.500. The van der Waals surface area contributed by atoms with E-state index >= 15 is 0 Å². The molecule has 3 rings (SSSR count). The highest BCUT2D eigenvalue weighted by atomic mass is 16.7. The highest BCUT2D eigenvalue weighted by molar-refractivity contribution is 5.74. The third-order valence-corrected chi connectivity index (χ3v) is 5.50. The van der Waals surface area contributed by atoms with Crippen LogP contribution in [0.2, 0.25) is 0 Å². The number of nitrogens with one attached hydrogen (secondary N) is 2. The second-order valence-electron chi connectivity index (χ2n) is 8.34. The quantitative estimate of drug-likeness (QED) is 0.129. The van der Waals surface area contributed by atoms with Crippen molar-refractivity contribution in [3.63, 3.8) is 0 Å². The number of rotatable bonds is 13. The van der Waals surface area contributed by atoms with Crippen molar-refractivity contribution >= 4 is 12.3 Å². The Labute approximate surface area is 208 Å². The molecule has 36 heavy (non-hydrogen) atoms. The number of aromatic nitrogens is 2. The van der Waals surface area contributed by atoms with E-state index in [-0.39, 0.29) is 25.0 Å². The van der Waals surface area contributed by atoms with E-state index < -0.39 is 28.5 Å². The molecule has 0 unspecified atom stereocenters. The maximum Gasteiger partial charge on any atom is 0.234 e. The minimum Gasteiger partial charge on any atom is -0.454 e. The lowest BCUT2D eigenvalue weighted by Gasteiger charge is -2.28. The van der Waals surface area contributed by atoms with Gasteiger partial charge < -0.3 is 19.7 Å². The maximum absolute atomic E-state index is 11.6. The van der Waals surface area contributed by atoms with E-state index in [9.17, 15) is 20.2 Å². The van der Waals surface area contributed by atoms with E-state index in [1.54, 1.807) is 21.0 Å². The van der Waals surface area contributed by atoms with Crippen molar-refractivity contribution < 1.29 is 19.3 Å². The first-order chi connectivity index (χ1) is 17.2. The summed E-state index contributed by atoms with van der Waals surface area (Å²) in [4.78, 5) is 36.3. The van der Waals surface area contributed by atoms with Crippen LogP contribution in [0.15, 0.2) is 46.4 Å². The number of ether oxygens (including phenoxy) is 2. The molecule has 1 aliphatic carbocycles. The summed E-state index contributed by atoms with van der Waals surface area (Å²) < 4.78 is 10.8. The molecule has 0 atom stereocenters. The molecule has 0 bridgehead atoms. The van der Waals surface area contributed by atoms with Crippen LogP contribution in [0.25, 0.3) is 0 Å². The van der Waals surface area contributed by atoms with Gasteiger partial charge in [0.2, 0.25) is 25.8 Å². The molecular formula is C22H30N8O6. The van der Waals surface area contributed by atoms with Crippen molar-refractivity contribution in [2.45, 2.75) is 18.9 Å². The SMILES string of the molecule is CN=CN(C)c1nc(C)cc(C(C[N+](=O)[O-])(C[N+](=O)[O-])NCCNCC2=CCC=C3OCOC3=C2)n1. The van der Waals surface area contributed by atoms with Crippen molar-refractivity contribution in [2.75, 3.05) is 58.5 Å². The van der Waals surface area contributed by atoms with Gasteiger partial charge in [0, 0.05) is 49.3 Å². The van der Waals surface area contributed by atoms with Crippen molar-refractivity contribution in [1.29, 1.82) is 0 Å². The first kappa shape index (κ1) is 26.7. The first-order valence-electron chi connectivity index (χ1n) is 11.3. The van der Waals surface area contributed by atoms with Crippen LogP contribution < -0.4 is 15.5 Å². The molecule has 1 aromatic rings. The fourth-order valence-corrected chi connectivity index (χ4v) is 3.90. The number of hydrogen-bond acceptors (Lipinski definition) is 11. The third-order valence-electron chi connectivity index (χ3n) is 5.50. The van der Waals surface area contributed by atoms with Gasteiger partial charge in [0.15, 0.2) is 17.1 Å². The highest BCUT2D eigenvalue weighted by Gasteiger charge is 2.44. The second-order valence-corrected chi connectivity index (χ2v) is 8.34. The number of hydrogen-bond donors (Lipinski definition) is 2. The minimum absolute atomic E-state index is 0.169. The van der Waals surface area contributed by atoms with Gasteiger partial charge in [0.25, 0.3) is 0 Å². The number of aryl methyl sites for hydroxylation is 1. The molecular weight excluding hydrogens is 472 g/mol. The van der Waals surface area contributed by atoms with Crippen molar-refractivity contribution in [1.82, 2.24) is 20.6 Å². The van der Waals surface area contributed by atoms with E-state index in [1.165, 1.54) is 17.3 Å². The van der Waals surface area contributed by atoms with Gasteiger partial charge in [-0.3, -0.25) is 30.5 Å². The lowest BCUT2D eigenvalue weighted by Crippen LogP contribution is -2.55. The van der Waals surface area contributed by atoms with Crippen LogP contribution in [-0.4, -0.2) is 79.8 Å². The van der Waals surface area contributed by atoms with E-state index in [2.05, 4.69) is 25.6 Å². The van der Waals surface area contributed by atoms with E-state index in [1.807, 2.05) is 18.2 Å². The molecule has 2 N–H and O–H groups in total. The zero-order valence-corrected chi connectivity index (χ0v) is 20.5. The average Bonchev–Trinajstić information content (AvgIpc) is 3.15. The Bertz CT molecular complexity index is 1080. The number of aliphatic imine (C=N–C) groups is 1. The number of fused-ring (bicyclic) bond motifs is 1. The van der Waals surface area contributed by atoms with Crippen LogP contribution in [0, 0.1) is 27.2 Å². The summed E-state index contributed by atoms with van der Waals surface area (Å²) in [6.07, 6.45) is 8.07. The van der Waals surface area contributed by atoms with Crippen LogP contribution >= 0.6 is 0 Å². The molecule has 1 fully saturated rings. The maximum atomic E-state index is 11.6. The van der Waals surface area contributed by atoms with E-state index in [4.69, 9.17) is 9.47 Å². The number of anilines is 1. The summed E-state index contributed by atoms with van der Waals surface area (Å²) in [6.45, 7) is 1.59. The Morgan fingerprint density at radius 2 is 1.89 bits per heavy atom. The van der Waals surface area contributed by atoms with Crippen LogP contribution in [0.5, 0.6) is 0 Å². The van der Waals surface area contributed by atoms with Gasteiger partial charge in [0.05, 0.1) is 12.0 Å². The van der Waals surface area contributed by atoms with Gasteiger partial charge in [-0.15, -0.1) is 0 Å². The zero-order valence-electron chi connectivity index (χ0n) is 20.5. The molecule has 14 heteroatoms. The minimum atomic E-state index is -1.64. The summed E-state index contributed by atoms with van der Waals surface area (Å²) in [5, 5.41) is 29.5. The predicted molar refractivity (Wildman–Crippen MR) is 132 cm³/mol. The standard InChI is InChI=1S/C22H30N8O6/c1-16-9-20(27-21(26-16)28(3)14-23-2)22(12-29(31)32,13-30(33)34)25-8-7-24-11-17-5-4-6-18-19(10-17)36-15-35-18/h5-6,9-10,14,24-25H,4,7-8,11-13,15H2,1-3H3. The van der Waals surface area contributed by atoms with Gasteiger partial charge in [-0.2, -0.15) is 0 Å². The van der Waals surface area contributed by atoms with E-state index in [0.717, 1.165) is 11.3 Å². The van der Waals surface area contributed by atoms with Gasteiger partial charge >= 0.3 is 0 Å². The topological polar surface area (TPSA) is 170 Å². The van der Waals surface area contributed by atoms with Gasteiger partial charge in [-0.25, -0.2) is 9.97 Å². The molecule has 0 saturated carbocycles. The monoisotopic (exact) mass is 502 g/mol. The van der Waals surface area contributed by atoms with Gasteiger partial charge in [-0.05, 0) is 37.1 Å². The van der Waals surface area contributed by atoms with Crippen molar-refractivity contribution in [3.8, 4) is 0 Å². The van der Waals surface area contributed by atoms with Crippen molar-refractivity contribution in [2.24, 2.45) is 4.99 Å². The van der Waals surface area contributed by atoms with Gasteiger partial charge in [-0.1, -0.05) is 6.08 Å². The Kier molecular flexibility index (Phi) is 9.02. The molecule has 1 aliphatic heterocycles. The number of allylic oxidation sites excluding steroid dienone is 2. The molecule has 194 valence electrons. The highest BCUT2D eigenvalue weighted by Crippen LogP contribution is 2.26. The lowest BCUT2D eigenvalue weighted by atomic mass is 9.94. The molecule has 2 heterocycles. The average molecular weight is 503 g/mol. The molecule has 0 amide bonds. The lowest BCUT2D eigenvalue weighted by molar-refractivity contribution is -0.531. The zero-order chi connectivity index (χ0) is 26.1. The molecule has 0 radical (unpaired) electrons. The smallest absolute Gasteiger partial charge is 0.234 e. The van der Waals surface area contributed by atoms with Crippen molar-refractivity contribution in [3.05, 3.63) is 73.0 Å². The fourth-order valence-electron chi connectivity index (χ4n) is 3.90. The molecule has 0 aromatic carbocycles. The van der Waals surface area contributed by atoms with Crippen LogP contribution in [-0.2, 0) is 15.0 Å². The second kappa shape index (κ2) is 12.2. The number of nitro groups is 2. The van der Waals surface area contributed by atoms with Crippen LogP contribution in [0.4, 0.5) is 5.95 Å². The number of nitrogens with zero attached hydrogens (tertiary/aromatic N) is 6. The Morgan fingerprint density at radius 3 is 2.58 bits per heavy atom. The summed E-state index contributed by atoms with van der Waals surface area (Å²) in [5.74, 6) is 1.64. The third kappa shape index (κ3) is 7.05. The molecule has 2 aliphatic rings. The first-order valence-corrected chi connectivity index (χ1v) is 11.3. The predicted octanol–water partition coefficient (Wildman–Crippen LogP) is 0.909. The Morgan fingerprint density at radius 1 is 1.17 bits per heavy atom. The van der Waals surface area contributed by atoms with Gasteiger partial charge in [0.1, 0.15) is 0 Å². The summed E-state index contributed by atoms with van der Waals surface area (Å²) in [7, 11) is 3.25. The van der Waals surface area contributed by atoms with Crippen LogP contribution in [0.3, 0.4) is 0 Å². The van der Waals surface area contributed by atoms with Crippen LogP contribution in [0.1, 0.15) is 17.8 Å². The summed E-state index contributed by atoms with van der Waals surface area (Å²) in [5.41, 5.74) is 0.0451.